The lowest BCUT2D eigenvalue weighted by Gasteiger charge is -2.50. The van der Waals surface area contributed by atoms with Crippen LogP contribution >= 0.6 is 0 Å². The molecule has 16 aliphatic carbocycles. The molecular weight excluding hydrogens is 685 g/mol. The zero-order chi connectivity index (χ0) is 38.9. The molecular formula is C57H90. The van der Waals surface area contributed by atoms with Crippen molar-refractivity contribution in [1.29, 1.82) is 0 Å². The molecule has 0 heterocycles. The third-order valence-corrected chi connectivity index (χ3v) is 26.5. The van der Waals surface area contributed by atoms with Crippen LogP contribution in [-0.4, -0.2) is 0 Å². The lowest BCUT2D eigenvalue weighted by atomic mass is 9.55. The summed E-state index contributed by atoms with van der Waals surface area (Å²) in [6, 6.07) is 0. The second-order valence-electron chi connectivity index (χ2n) is 29.8. The molecule has 16 saturated carbocycles. The molecule has 0 heteroatoms. The van der Waals surface area contributed by atoms with Crippen molar-refractivity contribution in [2.24, 2.45) is 163 Å². The summed E-state index contributed by atoms with van der Waals surface area (Å²) < 4.78 is 0. The first-order valence-corrected chi connectivity index (χ1v) is 27.0. The Hall–Kier alpha value is 0. The van der Waals surface area contributed by atoms with E-state index in [1.165, 1.54) is 83.4 Å². The maximum absolute atomic E-state index is 2.64. The van der Waals surface area contributed by atoms with Gasteiger partial charge in [0.1, 0.15) is 0 Å². The van der Waals surface area contributed by atoms with Gasteiger partial charge in [-0.1, -0.05) is 62.3 Å². The SMILES string of the molecule is CC1(C)CC2CC1(C)C1C3CCC(C3)C21.CC1(C)CC2CC1C1C3CCC(C3)C21.CC1(C)CC2CC1C1C3CCC(C3)C21.CC1(C)CC2CC1C1C3CCC(C3)C21. The Morgan fingerprint density at radius 1 is 0.263 bits per heavy atom. The van der Waals surface area contributed by atoms with Gasteiger partial charge in [0.2, 0.25) is 0 Å². The van der Waals surface area contributed by atoms with E-state index in [4.69, 9.17) is 0 Å². The first kappa shape index (κ1) is 37.5. The van der Waals surface area contributed by atoms with Crippen molar-refractivity contribution < 1.29 is 0 Å². The Labute approximate surface area is 352 Å². The topological polar surface area (TPSA) is 0 Å². The van der Waals surface area contributed by atoms with Gasteiger partial charge in [-0.25, -0.2) is 0 Å². The van der Waals surface area contributed by atoms with Gasteiger partial charge in [-0.15, -0.1) is 0 Å². The zero-order valence-electron chi connectivity index (χ0n) is 38.9. The summed E-state index contributed by atoms with van der Waals surface area (Å²) >= 11 is 0. The average molecular weight is 775 g/mol. The van der Waals surface area contributed by atoms with Gasteiger partial charge in [0.05, 0.1) is 0 Å². The first-order chi connectivity index (χ1) is 27.0. The number of fused-ring (bicyclic) bond motifs is 36. The highest BCUT2D eigenvalue weighted by Gasteiger charge is 2.70. The molecule has 0 aromatic heterocycles. The lowest BCUT2D eigenvalue weighted by Crippen LogP contribution is -2.43. The van der Waals surface area contributed by atoms with Gasteiger partial charge in [-0.05, 0) is 292 Å². The van der Waals surface area contributed by atoms with Crippen LogP contribution in [0, 0.1) is 163 Å². The summed E-state index contributed by atoms with van der Waals surface area (Å²) in [6.07, 6.45) is 31.8. The van der Waals surface area contributed by atoms with Crippen LogP contribution in [0.3, 0.4) is 0 Å². The lowest BCUT2D eigenvalue weighted by molar-refractivity contribution is -0.0139. The Kier molecular flexibility index (Phi) is 7.88. The van der Waals surface area contributed by atoms with Crippen LogP contribution in [0.5, 0.6) is 0 Å². The highest BCUT2D eigenvalue weighted by Crippen LogP contribution is 2.78. The smallest absolute Gasteiger partial charge is 0.0238 e. The standard InChI is InChI=1S/C15H24.3C14H22/c1-14(2)7-11-8-15(14,3)13-10-5-4-9(6-10)12(11)13;3*1-14(2)7-10-6-11(14)13-9-4-3-8(5-9)12(10)13/h9-13H,4-8H2,1-3H3;3*8-13H,3-7H2,1-2H3. The molecule has 0 saturated heterocycles. The molecule has 0 radical (unpaired) electrons. The number of rotatable bonds is 0. The van der Waals surface area contributed by atoms with E-state index in [-0.39, 0.29) is 0 Å². The van der Waals surface area contributed by atoms with Crippen molar-refractivity contribution in [2.75, 3.05) is 0 Å². The molecule has 16 bridgehead atoms. The fraction of sp³-hybridized carbons (Fsp3) is 1.00. The van der Waals surface area contributed by atoms with E-state index in [2.05, 4.69) is 62.3 Å². The molecule has 16 fully saturated rings. The van der Waals surface area contributed by atoms with Crippen LogP contribution in [0.2, 0.25) is 0 Å². The van der Waals surface area contributed by atoms with E-state index >= 15 is 0 Å². The second kappa shape index (κ2) is 12.0. The van der Waals surface area contributed by atoms with E-state index < -0.39 is 0 Å². The summed E-state index contributed by atoms with van der Waals surface area (Å²) in [5.74, 6) is 26.7. The predicted octanol–water partition coefficient (Wildman–Crippen LogP) is 15.2. The Balaban J connectivity index is 0.0000000796. The quantitative estimate of drug-likeness (QED) is 0.215. The molecule has 24 unspecified atom stereocenters. The third kappa shape index (κ3) is 4.93. The van der Waals surface area contributed by atoms with Crippen LogP contribution in [0.4, 0.5) is 0 Å². The van der Waals surface area contributed by atoms with Gasteiger partial charge in [0.25, 0.3) is 0 Å². The molecule has 0 nitrogen and oxygen atoms in total. The predicted molar refractivity (Wildman–Crippen MR) is 236 cm³/mol. The fourth-order valence-electron chi connectivity index (χ4n) is 25.2. The minimum absolute atomic E-state index is 0.642. The Morgan fingerprint density at radius 2 is 0.579 bits per heavy atom. The van der Waals surface area contributed by atoms with E-state index in [0.29, 0.717) is 27.1 Å². The summed E-state index contributed by atoms with van der Waals surface area (Å²) in [7, 11) is 0. The van der Waals surface area contributed by atoms with Crippen LogP contribution in [0.1, 0.15) is 191 Å². The summed E-state index contributed by atoms with van der Waals surface area (Å²) in [6.45, 7) is 23.0. The second-order valence-corrected chi connectivity index (χ2v) is 29.8. The number of hydrogen-bond acceptors (Lipinski definition) is 0. The molecule has 0 amide bonds. The molecule has 16 aliphatic rings. The molecule has 16 rings (SSSR count). The summed E-state index contributed by atoms with van der Waals surface area (Å²) in [5.41, 5.74) is 3.47. The van der Waals surface area contributed by atoms with Gasteiger partial charge < -0.3 is 0 Å². The zero-order valence-corrected chi connectivity index (χ0v) is 38.9. The molecule has 318 valence electrons. The maximum atomic E-state index is 2.64. The number of hydrogen-bond donors (Lipinski definition) is 0. The van der Waals surface area contributed by atoms with Gasteiger partial charge in [-0.3, -0.25) is 0 Å². The van der Waals surface area contributed by atoms with Crippen molar-refractivity contribution in [3.8, 4) is 0 Å². The van der Waals surface area contributed by atoms with Gasteiger partial charge in [0.15, 0.2) is 0 Å². The van der Waals surface area contributed by atoms with Gasteiger partial charge >= 0.3 is 0 Å². The van der Waals surface area contributed by atoms with Crippen LogP contribution in [0.25, 0.3) is 0 Å². The van der Waals surface area contributed by atoms with E-state index in [1.807, 2.05) is 0 Å². The average Bonchev–Trinajstić information content (AvgIpc) is 3.99. The van der Waals surface area contributed by atoms with Gasteiger partial charge in [0, 0.05) is 0 Å². The van der Waals surface area contributed by atoms with E-state index in [0.717, 1.165) is 59.2 Å². The van der Waals surface area contributed by atoms with Crippen molar-refractivity contribution in [1.82, 2.24) is 0 Å². The fourth-order valence-corrected chi connectivity index (χ4v) is 25.2. The van der Waals surface area contributed by atoms with Crippen LogP contribution < -0.4 is 0 Å². The molecule has 0 spiro atoms. The molecule has 0 aromatic carbocycles. The molecule has 57 heavy (non-hydrogen) atoms. The minimum Gasteiger partial charge on any atom is -0.0596 e. The van der Waals surface area contributed by atoms with Crippen molar-refractivity contribution in [3.05, 3.63) is 0 Å². The van der Waals surface area contributed by atoms with Crippen molar-refractivity contribution in [3.63, 3.8) is 0 Å². The van der Waals surface area contributed by atoms with Crippen molar-refractivity contribution >= 4 is 0 Å². The van der Waals surface area contributed by atoms with Gasteiger partial charge in [-0.2, -0.15) is 0 Å². The van der Waals surface area contributed by atoms with E-state index in [1.54, 1.807) is 122 Å². The molecule has 24 atom stereocenters. The highest BCUT2D eigenvalue weighted by molar-refractivity contribution is 5.19. The van der Waals surface area contributed by atoms with Crippen LogP contribution in [0.15, 0.2) is 0 Å². The largest absolute Gasteiger partial charge is 0.0596 e. The normalized spacial score (nSPS) is 62.6. The summed E-state index contributed by atoms with van der Waals surface area (Å²) in [4.78, 5) is 0. The van der Waals surface area contributed by atoms with Crippen LogP contribution in [-0.2, 0) is 0 Å². The van der Waals surface area contributed by atoms with E-state index in [9.17, 15) is 0 Å². The Morgan fingerprint density at radius 3 is 0.965 bits per heavy atom. The Bertz CT molecular complexity index is 1490. The summed E-state index contributed by atoms with van der Waals surface area (Å²) in [5, 5.41) is 0. The monoisotopic (exact) mass is 775 g/mol. The third-order valence-electron chi connectivity index (χ3n) is 26.5. The molecule has 0 N–H and O–H groups in total. The first-order valence-electron chi connectivity index (χ1n) is 27.0. The molecule has 0 aromatic rings. The maximum Gasteiger partial charge on any atom is -0.0238 e. The highest BCUT2D eigenvalue weighted by atomic mass is 14.8. The van der Waals surface area contributed by atoms with Crippen molar-refractivity contribution in [2.45, 2.75) is 191 Å². The minimum atomic E-state index is 0.642. The molecule has 0 aliphatic heterocycles.